The van der Waals surface area contributed by atoms with Gasteiger partial charge in [0.2, 0.25) is 0 Å². The van der Waals surface area contributed by atoms with E-state index in [0.29, 0.717) is 16.6 Å². The summed E-state index contributed by atoms with van der Waals surface area (Å²) in [6.07, 6.45) is 3.29. The van der Waals surface area contributed by atoms with E-state index in [1.807, 2.05) is 36.4 Å². The quantitative estimate of drug-likeness (QED) is 0.681. The largest absolute Gasteiger partial charge is 0.292 e. The highest BCUT2D eigenvalue weighted by atomic mass is 16.1. The minimum atomic E-state index is -0.801. The number of Topliss-reactive ketones (excluding diaryl/α,β-unsaturated/α-hetero) is 1. The summed E-state index contributed by atoms with van der Waals surface area (Å²) < 4.78 is 1.63. The number of carbonyl (C=O) groups excluding carboxylic acids is 1. The molecular formula is C16H11N3O. The van der Waals surface area contributed by atoms with Crippen LogP contribution in [0.25, 0.3) is 5.52 Å². The van der Waals surface area contributed by atoms with Crippen LogP contribution in [0.4, 0.5) is 0 Å². The van der Waals surface area contributed by atoms with Gasteiger partial charge in [-0.25, -0.2) is 4.52 Å². The highest BCUT2D eigenvalue weighted by molar-refractivity contribution is 6.07. The molecule has 0 aliphatic rings. The van der Waals surface area contributed by atoms with Gasteiger partial charge in [-0.15, -0.1) is 0 Å². The number of pyridine rings is 1. The molecule has 0 amide bonds. The molecule has 0 fully saturated rings. The molecule has 2 heterocycles. The fourth-order valence-corrected chi connectivity index (χ4v) is 2.21. The molecule has 0 saturated carbocycles. The molecule has 0 spiro atoms. The Morgan fingerprint density at radius 2 is 1.90 bits per heavy atom. The molecular weight excluding hydrogens is 250 g/mol. The van der Waals surface area contributed by atoms with Crippen LogP contribution in [0.3, 0.4) is 0 Å². The minimum absolute atomic E-state index is 0.222. The van der Waals surface area contributed by atoms with Crippen LogP contribution in [0.1, 0.15) is 21.8 Å². The molecule has 20 heavy (non-hydrogen) atoms. The van der Waals surface area contributed by atoms with Gasteiger partial charge in [0.25, 0.3) is 0 Å². The zero-order chi connectivity index (χ0) is 13.9. The van der Waals surface area contributed by atoms with Crippen molar-refractivity contribution in [2.45, 2.75) is 5.92 Å². The van der Waals surface area contributed by atoms with Crippen molar-refractivity contribution >= 4 is 11.3 Å². The molecule has 1 unspecified atom stereocenters. The number of nitrogens with zero attached hydrogens (tertiary/aromatic N) is 3. The van der Waals surface area contributed by atoms with E-state index in [9.17, 15) is 10.1 Å². The molecule has 0 saturated heterocycles. The Labute approximate surface area is 115 Å². The highest BCUT2D eigenvalue weighted by Crippen LogP contribution is 2.22. The van der Waals surface area contributed by atoms with Crippen molar-refractivity contribution in [1.29, 1.82) is 5.26 Å². The first-order valence-electron chi connectivity index (χ1n) is 6.22. The van der Waals surface area contributed by atoms with Gasteiger partial charge < -0.3 is 0 Å². The molecule has 0 radical (unpaired) electrons. The summed E-state index contributed by atoms with van der Waals surface area (Å²) in [5.41, 5.74) is 1.89. The van der Waals surface area contributed by atoms with Crippen LogP contribution in [-0.2, 0) is 0 Å². The lowest BCUT2D eigenvalue weighted by molar-refractivity contribution is 0.0980. The topological polar surface area (TPSA) is 58.2 Å². The van der Waals surface area contributed by atoms with Crippen molar-refractivity contribution in [3.8, 4) is 6.07 Å². The maximum atomic E-state index is 12.6. The van der Waals surface area contributed by atoms with Crippen LogP contribution in [0.5, 0.6) is 0 Å². The number of aromatic nitrogens is 2. The van der Waals surface area contributed by atoms with Crippen molar-refractivity contribution < 1.29 is 4.79 Å². The minimum Gasteiger partial charge on any atom is -0.292 e. The van der Waals surface area contributed by atoms with Crippen molar-refractivity contribution in [2.75, 3.05) is 0 Å². The van der Waals surface area contributed by atoms with Gasteiger partial charge in [-0.1, -0.05) is 36.4 Å². The second-order valence-corrected chi connectivity index (χ2v) is 4.43. The number of rotatable bonds is 3. The zero-order valence-corrected chi connectivity index (χ0v) is 10.6. The van der Waals surface area contributed by atoms with Crippen LogP contribution in [0, 0.1) is 11.3 Å². The first kappa shape index (κ1) is 12.1. The van der Waals surface area contributed by atoms with Crippen molar-refractivity contribution in [1.82, 2.24) is 9.61 Å². The standard InChI is InChI=1S/C16H11N3O/c17-10-13(12-6-2-1-3-7-12)16(20)14-11-18-19-9-5-4-8-15(14)19/h1-9,11,13H. The Kier molecular flexibility index (Phi) is 3.02. The second-order valence-electron chi connectivity index (χ2n) is 4.43. The Bertz CT molecular complexity index is 799. The zero-order valence-electron chi connectivity index (χ0n) is 10.6. The SMILES string of the molecule is N#CC(C(=O)c1cnn2ccccc12)c1ccccc1. The maximum absolute atomic E-state index is 12.6. The molecule has 0 aliphatic heterocycles. The van der Waals surface area contributed by atoms with Crippen LogP contribution >= 0.6 is 0 Å². The molecule has 0 aliphatic carbocycles. The van der Waals surface area contributed by atoms with Crippen LogP contribution < -0.4 is 0 Å². The van der Waals surface area contributed by atoms with Crippen LogP contribution in [-0.4, -0.2) is 15.4 Å². The third-order valence-corrected chi connectivity index (χ3v) is 3.22. The number of carbonyl (C=O) groups is 1. The van der Waals surface area contributed by atoms with E-state index >= 15 is 0 Å². The summed E-state index contributed by atoms with van der Waals surface area (Å²) >= 11 is 0. The summed E-state index contributed by atoms with van der Waals surface area (Å²) in [6.45, 7) is 0. The van der Waals surface area contributed by atoms with Crippen LogP contribution in [0.15, 0.2) is 60.9 Å². The molecule has 4 heteroatoms. The van der Waals surface area contributed by atoms with Crippen molar-refractivity contribution in [3.63, 3.8) is 0 Å². The van der Waals surface area contributed by atoms with Crippen molar-refractivity contribution in [2.24, 2.45) is 0 Å². The predicted octanol–water partition coefficient (Wildman–Crippen LogP) is 2.82. The van der Waals surface area contributed by atoms with Gasteiger partial charge in [-0.3, -0.25) is 4.79 Å². The number of hydrogen-bond acceptors (Lipinski definition) is 3. The molecule has 1 atom stereocenters. The highest BCUT2D eigenvalue weighted by Gasteiger charge is 2.24. The average molecular weight is 261 g/mol. The summed E-state index contributed by atoms with van der Waals surface area (Å²) in [7, 11) is 0. The number of fused-ring (bicyclic) bond motifs is 1. The molecule has 3 aromatic rings. The van der Waals surface area contributed by atoms with Gasteiger partial charge in [0.15, 0.2) is 5.78 Å². The third kappa shape index (κ3) is 1.95. The van der Waals surface area contributed by atoms with Gasteiger partial charge in [-0.2, -0.15) is 10.4 Å². The van der Waals surface area contributed by atoms with Crippen LogP contribution in [0.2, 0.25) is 0 Å². The summed E-state index contributed by atoms with van der Waals surface area (Å²) in [4.78, 5) is 12.6. The number of nitriles is 1. The molecule has 2 aromatic heterocycles. The lowest BCUT2D eigenvalue weighted by atomic mass is 9.92. The van der Waals surface area contributed by atoms with Gasteiger partial charge in [0.1, 0.15) is 5.92 Å². The molecule has 4 nitrogen and oxygen atoms in total. The van der Waals surface area contributed by atoms with E-state index in [4.69, 9.17) is 0 Å². The molecule has 96 valence electrons. The molecule has 3 rings (SSSR count). The lowest BCUT2D eigenvalue weighted by Crippen LogP contribution is -2.11. The van der Waals surface area contributed by atoms with E-state index in [1.54, 1.807) is 22.8 Å². The smallest absolute Gasteiger partial charge is 0.188 e. The van der Waals surface area contributed by atoms with Gasteiger partial charge in [-0.05, 0) is 17.7 Å². The molecule has 0 N–H and O–H groups in total. The van der Waals surface area contributed by atoms with E-state index < -0.39 is 5.92 Å². The lowest BCUT2D eigenvalue weighted by Gasteiger charge is -2.07. The van der Waals surface area contributed by atoms with Gasteiger partial charge in [0.05, 0.1) is 23.3 Å². The molecule has 1 aromatic carbocycles. The summed E-state index contributed by atoms with van der Waals surface area (Å²) in [5.74, 6) is -1.02. The number of hydrogen-bond donors (Lipinski definition) is 0. The van der Waals surface area contributed by atoms with Gasteiger partial charge in [0, 0.05) is 6.20 Å². The number of ketones is 1. The Balaban J connectivity index is 2.06. The van der Waals surface area contributed by atoms with Crippen molar-refractivity contribution in [3.05, 3.63) is 72.1 Å². The summed E-state index contributed by atoms with van der Waals surface area (Å²) in [5, 5.41) is 13.5. The Morgan fingerprint density at radius 3 is 2.65 bits per heavy atom. The first-order valence-corrected chi connectivity index (χ1v) is 6.22. The second kappa shape index (κ2) is 4.98. The summed E-state index contributed by atoms with van der Waals surface area (Å²) in [6, 6.07) is 16.7. The third-order valence-electron chi connectivity index (χ3n) is 3.22. The number of benzene rings is 1. The fourth-order valence-electron chi connectivity index (χ4n) is 2.21. The Morgan fingerprint density at radius 1 is 1.15 bits per heavy atom. The average Bonchev–Trinajstić information content (AvgIpc) is 2.93. The maximum Gasteiger partial charge on any atom is 0.188 e. The Hall–Kier alpha value is -2.93. The fraction of sp³-hybridized carbons (Fsp3) is 0.0625. The van der Waals surface area contributed by atoms with E-state index in [-0.39, 0.29) is 5.78 Å². The predicted molar refractivity (Wildman–Crippen MR) is 74.3 cm³/mol. The van der Waals surface area contributed by atoms with E-state index in [2.05, 4.69) is 11.2 Å². The first-order chi connectivity index (χ1) is 9.81. The van der Waals surface area contributed by atoms with E-state index in [0.717, 1.165) is 0 Å². The van der Waals surface area contributed by atoms with E-state index in [1.165, 1.54) is 6.20 Å². The normalized spacial score (nSPS) is 11.9. The molecule has 0 bridgehead atoms. The van der Waals surface area contributed by atoms with Gasteiger partial charge >= 0.3 is 0 Å². The monoisotopic (exact) mass is 261 g/mol.